The zero-order valence-electron chi connectivity index (χ0n) is 8.93. The van der Waals surface area contributed by atoms with Gasteiger partial charge in [-0.25, -0.2) is 14.4 Å². The van der Waals surface area contributed by atoms with E-state index in [0.29, 0.717) is 5.56 Å². The van der Waals surface area contributed by atoms with Gasteiger partial charge < -0.3 is 0 Å². The van der Waals surface area contributed by atoms with Gasteiger partial charge in [0.05, 0.1) is 6.42 Å². The van der Waals surface area contributed by atoms with Crippen molar-refractivity contribution in [3.63, 3.8) is 0 Å². The summed E-state index contributed by atoms with van der Waals surface area (Å²) in [6, 6.07) is 7.57. The Morgan fingerprint density at radius 1 is 1.24 bits per heavy atom. The first-order valence-electron chi connectivity index (χ1n) is 5.05. The second-order valence-corrected chi connectivity index (χ2v) is 3.43. The van der Waals surface area contributed by atoms with Crippen molar-refractivity contribution in [2.24, 2.45) is 0 Å². The van der Waals surface area contributed by atoms with Gasteiger partial charge in [-0.15, -0.1) is 0 Å². The number of benzene rings is 1. The lowest BCUT2D eigenvalue weighted by Gasteiger charge is -2.03. The van der Waals surface area contributed by atoms with Gasteiger partial charge in [-0.1, -0.05) is 12.1 Å². The lowest BCUT2D eigenvalue weighted by molar-refractivity contribution is -0.115. The molecule has 0 aliphatic heterocycles. The van der Waals surface area contributed by atoms with Crippen molar-refractivity contribution in [1.82, 2.24) is 9.97 Å². The molecule has 17 heavy (non-hydrogen) atoms. The Morgan fingerprint density at radius 3 is 2.71 bits per heavy atom. The van der Waals surface area contributed by atoms with Crippen LogP contribution in [0.25, 0.3) is 0 Å². The van der Waals surface area contributed by atoms with Crippen LogP contribution in [0, 0.1) is 5.82 Å². The number of aromatic nitrogens is 2. The third kappa shape index (κ3) is 3.34. The maximum absolute atomic E-state index is 12.9. The van der Waals surface area contributed by atoms with Crippen LogP contribution in [-0.4, -0.2) is 15.9 Å². The molecule has 0 bridgehead atoms. The maximum Gasteiger partial charge on any atom is 0.231 e. The van der Waals surface area contributed by atoms with E-state index in [1.54, 1.807) is 18.2 Å². The highest BCUT2D eigenvalue weighted by Gasteiger charge is 2.05. The Labute approximate surface area is 97.5 Å². The molecule has 1 aromatic carbocycles. The number of hydrogen-bond donors (Lipinski definition) is 1. The minimum absolute atomic E-state index is 0.0933. The molecule has 0 spiro atoms. The van der Waals surface area contributed by atoms with Crippen molar-refractivity contribution in [3.8, 4) is 0 Å². The fraction of sp³-hybridized carbons (Fsp3) is 0.0833. The number of hydrogen-bond acceptors (Lipinski definition) is 3. The van der Waals surface area contributed by atoms with Crippen LogP contribution >= 0.6 is 0 Å². The Balaban J connectivity index is 1.98. The van der Waals surface area contributed by atoms with Crippen LogP contribution < -0.4 is 5.32 Å². The Hall–Kier alpha value is -2.30. The number of nitrogens with one attached hydrogen (secondary N) is 1. The Morgan fingerprint density at radius 2 is 2.00 bits per heavy atom. The Bertz CT molecular complexity index is 516. The van der Waals surface area contributed by atoms with Crippen LogP contribution in [-0.2, 0) is 11.2 Å². The van der Waals surface area contributed by atoms with Crippen LogP contribution in [0.2, 0.25) is 0 Å². The molecule has 0 atom stereocenters. The molecule has 1 aromatic heterocycles. The van der Waals surface area contributed by atoms with Gasteiger partial charge in [-0.05, 0) is 23.8 Å². The number of nitrogens with zero attached hydrogens (tertiary/aromatic N) is 2. The van der Waals surface area contributed by atoms with Gasteiger partial charge in [0, 0.05) is 12.4 Å². The maximum atomic E-state index is 12.9. The largest absolute Gasteiger partial charge is 0.294 e. The van der Waals surface area contributed by atoms with E-state index in [-0.39, 0.29) is 24.1 Å². The number of rotatable bonds is 3. The summed E-state index contributed by atoms with van der Waals surface area (Å²) in [6.07, 6.45) is 3.16. The first-order chi connectivity index (χ1) is 8.24. The molecule has 0 aliphatic rings. The molecule has 0 aliphatic carbocycles. The zero-order valence-corrected chi connectivity index (χ0v) is 8.93. The van der Waals surface area contributed by atoms with E-state index in [4.69, 9.17) is 0 Å². The van der Waals surface area contributed by atoms with Crippen LogP contribution in [0.1, 0.15) is 5.56 Å². The molecule has 86 valence electrons. The summed E-state index contributed by atoms with van der Waals surface area (Å²) >= 11 is 0. The van der Waals surface area contributed by atoms with Gasteiger partial charge in [0.1, 0.15) is 5.82 Å². The molecule has 2 aromatic rings. The van der Waals surface area contributed by atoms with Crippen molar-refractivity contribution in [1.29, 1.82) is 0 Å². The number of amides is 1. The highest BCUT2D eigenvalue weighted by Crippen LogP contribution is 2.05. The third-order valence-corrected chi connectivity index (χ3v) is 2.07. The topological polar surface area (TPSA) is 54.9 Å². The molecule has 0 saturated heterocycles. The predicted molar refractivity (Wildman–Crippen MR) is 60.8 cm³/mol. The van der Waals surface area contributed by atoms with Crippen molar-refractivity contribution in [2.75, 3.05) is 5.32 Å². The van der Waals surface area contributed by atoms with Gasteiger partial charge >= 0.3 is 0 Å². The lowest BCUT2D eigenvalue weighted by atomic mass is 10.1. The molecule has 5 heteroatoms. The van der Waals surface area contributed by atoms with E-state index in [1.807, 2.05) is 0 Å². The van der Waals surface area contributed by atoms with Crippen molar-refractivity contribution >= 4 is 11.9 Å². The molecule has 4 nitrogen and oxygen atoms in total. The van der Waals surface area contributed by atoms with E-state index in [2.05, 4.69) is 15.3 Å². The minimum atomic E-state index is -0.355. The Kier molecular flexibility index (Phi) is 3.40. The van der Waals surface area contributed by atoms with Crippen molar-refractivity contribution < 1.29 is 9.18 Å². The molecular formula is C12H10FN3O. The van der Waals surface area contributed by atoms with Crippen molar-refractivity contribution in [2.45, 2.75) is 6.42 Å². The molecule has 0 unspecified atom stereocenters. The second kappa shape index (κ2) is 5.16. The van der Waals surface area contributed by atoms with Crippen LogP contribution in [0.3, 0.4) is 0 Å². The summed E-state index contributed by atoms with van der Waals surface area (Å²) in [5.74, 6) is -0.387. The third-order valence-electron chi connectivity index (χ3n) is 2.07. The first-order valence-corrected chi connectivity index (χ1v) is 5.05. The molecule has 1 heterocycles. The fourth-order valence-corrected chi connectivity index (χ4v) is 1.36. The summed E-state index contributed by atoms with van der Waals surface area (Å²) in [6.45, 7) is 0. The average Bonchev–Trinajstić information content (AvgIpc) is 2.30. The lowest BCUT2D eigenvalue weighted by Crippen LogP contribution is -2.16. The summed E-state index contributed by atoms with van der Waals surface area (Å²) in [5, 5.41) is 2.53. The van der Waals surface area contributed by atoms with Gasteiger partial charge in [0.25, 0.3) is 0 Å². The number of carbonyl (C=O) groups is 1. The number of carbonyl (C=O) groups excluding carboxylic acids is 1. The summed E-state index contributed by atoms with van der Waals surface area (Å²) in [5.41, 5.74) is 0.610. The van der Waals surface area contributed by atoms with Gasteiger partial charge in [0.2, 0.25) is 11.9 Å². The SMILES string of the molecule is O=C(Cc1cccc(F)c1)Nc1ncccn1. The molecule has 1 amide bonds. The standard InChI is InChI=1S/C12H10FN3O/c13-10-4-1-3-9(7-10)8-11(17)16-12-14-5-2-6-15-12/h1-7H,8H2,(H,14,15,16,17). The second-order valence-electron chi connectivity index (χ2n) is 3.43. The highest BCUT2D eigenvalue weighted by molar-refractivity contribution is 5.90. The van der Waals surface area contributed by atoms with E-state index in [9.17, 15) is 9.18 Å². The summed E-state index contributed by atoms with van der Waals surface area (Å²) in [7, 11) is 0. The minimum Gasteiger partial charge on any atom is -0.294 e. The molecular weight excluding hydrogens is 221 g/mol. The molecule has 1 N–H and O–H groups in total. The van der Waals surface area contributed by atoms with E-state index >= 15 is 0 Å². The van der Waals surface area contributed by atoms with E-state index in [0.717, 1.165) is 0 Å². The summed E-state index contributed by atoms with van der Waals surface area (Å²) < 4.78 is 12.9. The van der Waals surface area contributed by atoms with E-state index in [1.165, 1.54) is 24.5 Å². The number of halogens is 1. The van der Waals surface area contributed by atoms with Crippen LogP contribution in [0.15, 0.2) is 42.7 Å². The zero-order chi connectivity index (χ0) is 12.1. The molecule has 0 saturated carbocycles. The predicted octanol–water partition coefficient (Wildman–Crippen LogP) is 1.80. The van der Waals surface area contributed by atoms with Gasteiger partial charge in [-0.3, -0.25) is 10.1 Å². The summed E-state index contributed by atoms with van der Waals surface area (Å²) in [4.78, 5) is 19.3. The van der Waals surface area contributed by atoms with Crippen LogP contribution in [0.4, 0.5) is 10.3 Å². The monoisotopic (exact) mass is 231 g/mol. The number of anilines is 1. The van der Waals surface area contributed by atoms with E-state index < -0.39 is 0 Å². The first kappa shape index (κ1) is 11.2. The molecule has 2 rings (SSSR count). The quantitative estimate of drug-likeness (QED) is 0.876. The van der Waals surface area contributed by atoms with Gasteiger partial charge in [0.15, 0.2) is 0 Å². The van der Waals surface area contributed by atoms with Gasteiger partial charge in [-0.2, -0.15) is 0 Å². The molecule has 0 radical (unpaired) electrons. The smallest absolute Gasteiger partial charge is 0.231 e. The average molecular weight is 231 g/mol. The molecule has 0 fully saturated rings. The fourth-order valence-electron chi connectivity index (χ4n) is 1.36. The normalized spacial score (nSPS) is 9.94. The van der Waals surface area contributed by atoms with Crippen LogP contribution in [0.5, 0.6) is 0 Å². The highest BCUT2D eigenvalue weighted by atomic mass is 19.1. The van der Waals surface area contributed by atoms with Crippen molar-refractivity contribution in [3.05, 3.63) is 54.1 Å².